The van der Waals surface area contributed by atoms with E-state index in [-0.39, 0.29) is 30.0 Å². The Balaban J connectivity index is 1.30. The number of nitrogens with one attached hydrogen (secondary N) is 2. The normalized spacial score (nSPS) is 13.7. The maximum absolute atomic E-state index is 12.4. The number of aromatic nitrogens is 2. The highest BCUT2D eigenvalue weighted by molar-refractivity contribution is 7.22. The van der Waals surface area contributed by atoms with Gasteiger partial charge in [-0.3, -0.25) is 25.0 Å². The van der Waals surface area contributed by atoms with Crippen molar-refractivity contribution >= 4 is 66.7 Å². The lowest BCUT2D eigenvalue weighted by Gasteiger charge is -2.33. The molecule has 0 unspecified atom stereocenters. The number of urea groups is 1. The van der Waals surface area contributed by atoms with E-state index in [1.807, 2.05) is 0 Å². The Morgan fingerprint density at radius 1 is 1.09 bits per heavy atom. The molecule has 0 atom stereocenters. The number of nitro benzene ring substituents is 1. The van der Waals surface area contributed by atoms with E-state index >= 15 is 0 Å². The second-order valence-electron chi connectivity index (χ2n) is 7.22. The molecule has 4 amide bonds. The zero-order valence-electron chi connectivity index (χ0n) is 17.4. The smallest absolute Gasteiger partial charge is 0.323 e. The Morgan fingerprint density at radius 2 is 1.82 bits per heavy atom. The lowest BCUT2D eigenvalue weighted by Crippen LogP contribution is -2.51. The Kier molecular flexibility index (Phi) is 6.46. The zero-order chi connectivity index (χ0) is 23.5. The zero-order valence-corrected chi connectivity index (χ0v) is 19.1. The van der Waals surface area contributed by atoms with Crippen LogP contribution in [0.5, 0.6) is 0 Å². The summed E-state index contributed by atoms with van der Waals surface area (Å²) >= 11 is 2.36. The first-order valence-electron chi connectivity index (χ1n) is 9.89. The number of non-ortho nitro benzene ring substituents is 1. The van der Waals surface area contributed by atoms with E-state index in [1.54, 1.807) is 15.2 Å². The van der Waals surface area contributed by atoms with E-state index in [0.29, 0.717) is 52.4 Å². The molecular formula is C19H19N7O5S2. The van der Waals surface area contributed by atoms with Gasteiger partial charge in [-0.25, -0.2) is 14.8 Å². The van der Waals surface area contributed by atoms with Gasteiger partial charge in [0.2, 0.25) is 11.8 Å². The molecule has 0 spiro atoms. The Bertz CT molecular complexity index is 1230. The monoisotopic (exact) mass is 489 g/mol. The van der Waals surface area contributed by atoms with Crippen LogP contribution < -0.4 is 10.6 Å². The van der Waals surface area contributed by atoms with Crippen molar-refractivity contribution in [2.45, 2.75) is 13.3 Å². The minimum atomic E-state index is -0.484. The number of hydrogen-bond acceptors (Lipinski definition) is 9. The van der Waals surface area contributed by atoms with Gasteiger partial charge in [-0.2, -0.15) is 0 Å². The molecule has 3 heterocycles. The Hall–Kier alpha value is -3.65. The molecule has 1 aliphatic rings. The van der Waals surface area contributed by atoms with Crippen molar-refractivity contribution in [1.29, 1.82) is 0 Å². The van der Waals surface area contributed by atoms with Gasteiger partial charge in [-0.1, -0.05) is 11.3 Å². The predicted molar refractivity (Wildman–Crippen MR) is 124 cm³/mol. The van der Waals surface area contributed by atoms with Crippen LogP contribution in [-0.2, 0) is 16.0 Å². The van der Waals surface area contributed by atoms with Crippen molar-refractivity contribution in [3.63, 3.8) is 0 Å². The van der Waals surface area contributed by atoms with Crippen molar-refractivity contribution in [3.8, 4) is 0 Å². The summed E-state index contributed by atoms with van der Waals surface area (Å²) in [6, 6.07) is 4.02. The fourth-order valence-corrected chi connectivity index (χ4v) is 4.86. The number of rotatable bonds is 5. The molecule has 0 bridgehead atoms. The van der Waals surface area contributed by atoms with Gasteiger partial charge in [0.1, 0.15) is 0 Å². The number of thiazole rings is 2. The van der Waals surface area contributed by atoms with E-state index in [4.69, 9.17) is 0 Å². The van der Waals surface area contributed by atoms with Crippen LogP contribution in [0.4, 0.5) is 20.7 Å². The number of fused-ring (bicyclic) bond motifs is 1. The van der Waals surface area contributed by atoms with Crippen molar-refractivity contribution in [1.82, 2.24) is 19.8 Å². The van der Waals surface area contributed by atoms with Crippen LogP contribution >= 0.6 is 22.7 Å². The van der Waals surface area contributed by atoms with Gasteiger partial charge >= 0.3 is 6.03 Å². The van der Waals surface area contributed by atoms with Gasteiger partial charge in [-0.15, -0.1) is 11.3 Å². The van der Waals surface area contributed by atoms with Crippen LogP contribution in [-0.4, -0.2) is 68.7 Å². The van der Waals surface area contributed by atoms with Crippen LogP contribution in [0.3, 0.4) is 0 Å². The SMILES string of the molecule is CC(=O)N1CCN(C(=O)Nc2nc(CC(=O)Nc3nc4ccc([N+](=O)[O-])cc4s3)cs2)CC1. The summed E-state index contributed by atoms with van der Waals surface area (Å²) in [7, 11) is 0. The third kappa shape index (κ3) is 5.40. The van der Waals surface area contributed by atoms with Gasteiger partial charge in [0, 0.05) is 50.6 Å². The first-order chi connectivity index (χ1) is 15.8. The summed E-state index contributed by atoms with van der Waals surface area (Å²) in [5.74, 6) is -0.350. The number of piperazine rings is 1. The van der Waals surface area contributed by atoms with E-state index < -0.39 is 4.92 Å². The number of carbonyl (C=O) groups is 3. The minimum Gasteiger partial charge on any atom is -0.339 e. The fraction of sp³-hybridized carbons (Fsp3) is 0.316. The molecule has 0 aliphatic carbocycles. The predicted octanol–water partition coefficient (Wildman–Crippen LogP) is 2.54. The highest BCUT2D eigenvalue weighted by Crippen LogP contribution is 2.29. The molecule has 0 saturated carbocycles. The van der Waals surface area contributed by atoms with E-state index in [1.165, 1.54) is 36.5 Å². The number of nitrogens with zero attached hydrogens (tertiary/aromatic N) is 5. The standard InChI is InChI=1S/C19H19N7O5S2/c1-11(27)24-4-6-25(7-5-24)19(29)23-17-20-12(10-32-17)8-16(28)22-18-21-14-3-2-13(26(30)31)9-15(14)33-18/h2-3,9-10H,4-8H2,1H3,(H,20,23,29)(H,21,22,28). The molecule has 2 N–H and O–H groups in total. The summed E-state index contributed by atoms with van der Waals surface area (Å²) < 4.78 is 0.599. The van der Waals surface area contributed by atoms with Gasteiger partial charge in [0.15, 0.2) is 10.3 Å². The first-order valence-corrected chi connectivity index (χ1v) is 11.6. The fourth-order valence-electron chi connectivity index (χ4n) is 3.25. The van der Waals surface area contributed by atoms with Crippen molar-refractivity contribution < 1.29 is 19.3 Å². The van der Waals surface area contributed by atoms with Gasteiger partial charge in [0.25, 0.3) is 5.69 Å². The Morgan fingerprint density at radius 3 is 2.52 bits per heavy atom. The average molecular weight is 490 g/mol. The second kappa shape index (κ2) is 9.46. The highest BCUT2D eigenvalue weighted by atomic mass is 32.1. The maximum Gasteiger partial charge on any atom is 0.323 e. The molecule has 0 radical (unpaired) electrons. The summed E-state index contributed by atoms with van der Waals surface area (Å²) in [6.07, 6.45) is -0.0142. The van der Waals surface area contributed by atoms with Crippen molar-refractivity contribution in [2.75, 3.05) is 36.8 Å². The number of nitro groups is 1. The molecular weight excluding hydrogens is 470 g/mol. The largest absolute Gasteiger partial charge is 0.339 e. The molecule has 1 saturated heterocycles. The molecule has 2 aromatic heterocycles. The molecule has 1 aromatic carbocycles. The number of anilines is 2. The summed E-state index contributed by atoms with van der Waals surface area (Å²) in [4.78, 5) is 58.5. The molecule has 12 nitrogen and oxygen atoms in total. The topological polar surface area (TPSA) is 151 Å². The summed E-state index contributed by atoms with van der Waals surface area (Å²) in [6.45, 7) is 3.37. The van der Waals surface area contributed by atoms with Crippen LogP contribution in [0.15, 0.2) is 23.6 Å². The Labute approximate surface area is 195 Å². The number of benzene rings is 1. The van der Waals surface area contributed by atoms with Gasteiger partial charge in [-0.05, 0) is 6.07 Å². The van der Waals surface area contributed by atoms with Crippen LogP contribution in [0.1, 0.15) is 12.6 Å². The quantitative estimate of drug-likeness (QED) is 0.413. The lowest BCUT2D eigenvalue weighted by atomic mass is 10.3. The lowest BCUT2D eigenvalue weighted by molar-refractivity contribution is -0.384. The summed E-state index contributed by atoms with van der Waals surface area (Å²) in [5.41, 5.74) is 1.01. The van der Waals surface area contributed by atoms with E-state index in [2.05, 4.69) is 20.6 Å². The second-order valence-corrected chi connectivity index (χ2v) is 9.11. The number of amides is 4. The first kappa shape index (κ1) is 22.5. The molecule has 3 aromatic rings. The minimum absolute atomic E-state index is 0.00920. The molecule has 1 fully saturated rings. The van der Waals surface area contributed by atoms with Crippen LogP contribution in [0.2, 0.25) is 0 Å². The maximum atomic E-state index is 12.4. The molecule has 1 aliphatic heterocycles. The van der Waals surface area contributed by atoms with E-state index in [9.17, 15) is 24.5 Å². The molecule has 172 valence electrons. The molecule has 14 heteroatoms. The number of hydrogen-bond donors (Lipinski definition) is 2. The van der Waals surface area contributed by atoms with Crippen LogP contribution in [0, 0.1) is 10.1 Å². The third-order valence-electron chi connectivity index (χ3n) is 4.95. The average Bonchev–Trinajstić information content (AvgIpc) is 3.38. The highest BCUT2D eigenvalue weighted by Gasteiger charge is 2.23. The third-order valence-corrected chi connectivity index (χ3v) is 6.69. The van der Waals surface area contributed by atoms with Crippen LogP contribution in [0.25, 0.3) is 10.2 Å². The number of carbonyl (C=O) groups excluding carboxylic acids is 3. The van der Waals surface area contributed by atoms with Crippen molar-refractivity contribution in [2.24, 2.45) is 0 Å². The summed E-state index contributed by atoms with van der Waals surface area (Å²) in [5, 5.41) is 18.7. The van der Waals surface area contributed by atoms with Gasteiger partial charge < -0.3 is 15.1 Å². The van der Waals surface area contributed by atoms with Crippen molar-refractivity contribution in [3.05, 3.63) is 39.4 Å². The van der Waals surface area contributed by atoms with Gasteiger partial charge in [0.05, 0.1) is 27.3 Å². The molecule has 4 rings (SSSR count). The molecule has 33 heavy (non-hydrogen) atoms. The van der Waals surface area contributed by atoms with E-state index in [0.717, 1.165) is 11.3 Å².